The fourth-order valence-corrected chi connectivity index (χ4v) is 7.80. The Morgan fingerprint density at radius 2 is 0.600 bits per heavy atom. The van der Waals surface area contributed by atoms with Gasteiger partial charge >= 0.3 is 17.9 Å². The highest BCUT2D eigenvalue weighted by atomic mass is 16.6. The molecular formula is C59H104O6. The highest BCUT2D eigenvalue weighted by molar-refractivity contribution is 5.71. The van der Waals surface area contributed by atoms with Gasteiger partial charge in [-0.3, -0.25) is 14.4 Å². The summed E-state index contributed by atoms with van der Waals surface area (Å²) in [7, 11) is 0. The monoisotopic (exact) mass is 909 g/mol. The number of unbranched alkanes of at least 4 members (excludes halogenated alkanes) is 29. The van der Waals surface area contributed by atoms with Crippen molar-refractivity contribution in [3.63, 3.8) is 0 Å². The SMILES string of the molecule is CC/C=C/C/C=C/C/C=C/CCCCCCCC(=O)O[C@H](COC(=O)CCCCCCC/C=C/CCCCCC)COC(=O)CCCCCCCCCCC/C=C/CCCCCCCC. The Balaban J connectivity index is 4.37. The second-order valence-electron chi connectivity index (χ2n) is 18.5. The molecule has 0 aliphatic rings. The standard InChI is InChI=1S/C59H104O6/c1-4-7-10-13-16-19-22-25-27-28-29-30-32-34-37-40-43-46-49-52-58(61)64-55-56(54-63-57(60)51-48-45-42-39-36-33-24-21-18-15-12-9-6-3)65-59(62)53-50-47-44-41-38-35-31-26-23-20-17-14-11-8-5-2/h8,11,17,20-21,24-27,31,56H,4-7,9-10,12-16,18-19,22-23,28-30,32-55H2,1-3H3/b11-8+,20-17+,24-21+,27-25+,31-26+/t56-/m1/s1. The summed E-state index contributed by atoms with van der Waals surface area (Å²) in [5.74, 6) is -0.905. The fourth-order valence-electron chi connectivity index (χ4n) is 7.80. The van der Waals surface area contributed by atoms with Gasteiger partial charge in [-0.1, -0.05) is 216 Å². The van der Waals surface area contributed by atoms with Gasteiger partial charge in [-0.05, 0) is 103 Å². The molecule has 0 saturated carbocycles. The maximum absolute atomic E-state index is 12.8. The highest BCUT2D eigenvalue weighted by Gasteiger charge is 2.19. The van der Waals surface area contributed by atoms with Crippen LogP contribution >= 0.6 is 0 Å². The molecule has 0 saturated heterocycles. The number of carbonyl (C=O) groups is 3. The molecule has 0 aliphatic carbocycles. The minimum Gasteiger partial charge on any atom is -0.462 e. The summed E-state index contributed by atoms with van der Waals surface area (Å²) in [6.07, 6.45) is 66.3. The first-order valence-corrected chi connectivity index (χ1v) is 27.8. The topological polar surface area (TPSA) is 78.9 Å². The third kappa shape index (κ3) is 51.9. The van der Waals surface area contributed by atoms with Gasteiger partial charge in [-0.2, -0.15) is 0 Å². The first kappa shape index (κ1) is 62.1. The largest absolute Gasteiger partial charge is 0.462 e. The molecule has 0 aromatic rings. The van der Waals surface area contributed by atoms with Crippen molar-refractivity contribution < 1.29 is 28.6 Å². The number of rotatable bonds is 50. The Morgan fingerprint density at radius 1 is 0.323 bits per heavy atom. The lowest BCUT2D eigenvalue weighted by molar-refractivity contribution is -0.167. The third-order valence-electron chi connectivity index (χ3n) is 12.0. The van der Waals surface area contributed by atoms with Crippen molar-refractivity contribution in [2.75, 3.05) is 13.2 Å². The van der Waals surface area contributed by atoms with E-state index in [1.807, 2.05) is 0 Å². The van der Waals surface area contributed by atoms with Gasteiger partial charge in [0.05, 0.1) is 0 Å². The molecule has 65 heavy (non-hydrogen) atoms. The second-order valence-corrected chi connectivity index (χ2v) is 18.5. The van der Waals surface area contributed by atoms with Crippen LogP contribution in [-0.2, 0) is 28.6 Å². The molecule has 0 aromatic carbocycles. The van der Waals surface area contributed by atoms with Gasteiger partial charge in [0, 0.05) is 19.3 Å². The summed E-state index contributed by atoms with van der Waals surface area (Å²) in [5.41, 5.74) is 0. The van der Waals surface area contributed by atoms with E-state index in [1.165, 1.54) is 135 Å². The van der Waals surface area contributed by atoms with Crippen LogP contribution < -0.4 is 0 Å². The second kappa shape index (κ2) is 53.7. The lowest BCUT2D eigenvalue weighted by atomic mass is 10.1. The minimum atomic E-state index is -0.786. The summed E-state index contributed by atoms with van der Waals surface area (Å²) in [4.78, 5) is 38.1. The number of esters is 3. The van der Waals surface area contributed by atoms with Crippen LogP contribution in [0.2, 0.25) is 0 Å². The zero-order chi connectivity index (χ0) is 47.2. The summed E-state index contributed by atoms with van der Waals surface area (Å²) < 4.78 is 16.8. The van der Waals surface area contributed by atoms with E-state index in [0.29, 0.717) is 19.3 Å². The van der Waals surface area contributed by atoms with Crippen LogP contribution in [0.15, 0.2) is 60.8 Å². The van der Waals surface area contributed by atoms with Crippen LogP contribution in [0.25, 0.3) is 0 Å². The minimum absolute atomic E-state index is 0.0842. The Morgan fingerprint density at radius 3 is 0.969 bits per heavy atom. The zero-order valence-electron chi connectivity index (χ0n) is 43.0. The molecule has 0 N–H and O–H groups in total. The summed E-state index contributed by atoms with van der Waals surface area (Å²) in [5, 5.41) is 0. The number of allylic oxidation sites excluding steroid dienone is 10. The van der Waals surface area contributed by atoms with E-state index >= 15 is 0 Å². The van der Waals surface area contributed by atoms with E-state index in [4.69, 9.17) is 14.2 Å². The summed E-state index contributed by atoms with van der Waals surface area (Å²) in [6.45, 7) is 6.50. The van der Waals surface area contributed by atoms with E-state index in [0.717, 1.165) is 103 Å². The average Bonchev–Trinajstić information content (AvgIpc) is 3.30. The van der Waals surface area contributed by atoms with Crippen LogP contribution in [0.5, 0.6) is 0 Å². The molecule has 376 valence electrons. The Hall–Kier alpha value is -2.89. The smallest absolute Gasteiger partial charge is 0.306 e. The van der Waals surface area contributed by atoms with E-state index in [-0.39, 0.29) is 31.1 Å². The molecule has 0 spiro atoms. The van der Waals surface area contributed by atoms with E-state index in [2.05, 4.69) is 81.5 Å². The first-order valence-electron chi connectivity index (χ1n) is 27.8. The van der Waals surface area contributed by atoms with Crippen LogP contribution in [0.3, 0.4) is 0 Å². The average molecular weight is 909 g/mol. The number of ether oxygens (including phenoxy) is 3. The molecule has 0 aliphatic heterocycles. The van der Waals surface area contributed by atoms with Crippen molar-refractivity contribution in [2.24, 2.45) is 0 Å². The maximum Gasteiger partial charge on any atom is 0.306 e. The molecule has 1 atom stereocenters. The molecule has 0 heterocycles. The molecular weight excluding hydrogens is 805 g/mol. The Kier molecular flexibility index (Phi) is 51.3. The predicted molar refractivity (Wildman–Crippen MR) is 279 cm³/mol. The normalized spacial score (nSPS) is 12.5. The van der Waals surface area contributed by atoms with Crippen LogP contribution in [0.4, 0.5) is 0 Å². The predicted octanol–water partition coefficient (Wildman–Crippen LogP) is 18.4. The fraction of sp³-hybridized carbons (Fsp3) is 0.780. The third-order valence-corrected chi connectivity index (χ3v) is 12.0. The lowest BCUT2D eigenvalue weighted by Gasteiger charge is -2.18. The van der Waals surface area contributed by atoms with Crippen molar-refractivity contribution in [2.45, 2.75) is 284 Å². The van der Waals surface area contributed by atoms with Crippen LogP contribution in [0.1, 0.15) is 278 Å². The molecule has 0 radical (unpaired) electrons. The Labute approximate surface area is 402 Å². The highest BCUT2D eigenvalue weighted by Crippen LogP contribution is 2.15. The van der Waals surface area contributed by atoms with Crippen LogP contribution in [-0.4, -0.2) is 37.2 Å². The number of hydrogen-bond acceptors (Lipinski definition) is 6. The molecule has 0 amide bonds. The maximum atomic E-state index is 12.8. The summed E-state index contributed by atoms with van der Waals surface area (Å²) in [6, 6.07) is 0. The van der Waals surface area contributed by atoms with E-state index in [1.54, 1.807) is 0 Å². The van der Waals surface area contributed by atoms with Gasteiger partial charge < -0.3 is 14.2 Å². The molecule has 6 nitrogen and oxygen atoms in total. The first-order chi connectivity index (χ1) is 32.0. The molecule has 0 bridgehead atoms. The molecule has 0 unspecified atom stereocenters. The quantitative estimate of drug-likeness (QED) is 0.0262. The van der Waals surface area contributed by atoms with Gasteiger partial charge in [0.15, 0.2) is 6.10 Å². The number of hydrogen-bond donors (Lipinski definition) is 0. The zero-order valence-corrected chi connectivity index (χ0v) is 43.0. The van der Waals surface area contributed by atoms with Gasteiger partial charge in [0.25, 0.3) is 0 Å². The van der Waals surface area contributed by atoms with Crippen molar-refractivity contribution in [3.05, 3.63) is 60.8 Å². The molecule has 6 heteroatoms. The molecule has 0 aromatic heterocycles. The van der Waals surface area contributed by atoms with Crippen molar-refractivity contribution in [1.29, 1.82) is 0 Å². The Bertz CT molecular complexity index is 1180. The van der Waals surface area contributed by atoms with E-state index in [9.17, 15) is 14.4 Å². The number of carbonyl (C=O) groups excluding carboxylic acids is 3. The van der Waals surface area contributed by atoms with Gasteiger partial charge in [0.1, 0.15) is 13.2 Å². The van der Waals surface area contributed by atoms with Gasteiger partial charge in [0.2, 0.25) is 0 Å². The van der Waals surface area contributed by atoms with Crippen molar-refractivity contribution >= 4 is 17.9 Å². The molecule has 0 fully saturated rings. The lowest BCUT2D eigenvalue weighted by Crippen LogP contribution is -2.30. The van der Waals surface area contributed by atoms with E-state index < -0.39 is 6.10 Å². The van der Waals surface area contributed by atoms with Crippen LogP contribution in [0, 0.1) is 0 Å². The summed E-state index contributed by atoms with van der Waals surface area (Å²) >= 11 is 0. The molecule has 0 rings (SSSR count). The van der Waals surface area contributed by atoms with Crippen molar-refractivity contribution in [3.8, 4) is 0 Å². The van der Waals surface area contributed by atoms with Crippen molar-refractivity contribution in [1.82, 2.24) is 0 Å². The van der Waals surface area contributed by atoms with Gasteiger partial charge in [-0.15, -0.1) is 0 Å². The van der Waals surface area contributed by atoms with Gasteiger partial charge in [-0.25, -0.2) is 0 Å².